The molecular formula is C29H39N5OS. The number of piperidine rings is 2. The van der Waals surface area contributed by atoms with Crippen LogP contribution in [0.4, 0.5) is 5.82 Å². The molecule has 3 aromatic rings. The molecule has 5 rings (SSSR count). The number of anilines is 1. The van der Waals surface area contributed by atoms with Gasteiger partial charge in [-0.2, -0.15) is 0 Å². The smallest absolute Gasteiger partial charge is 0.222 e. The van der Waals surface area contributed by atoms with Crippen LogP contribution in [-0.2, 0) is 4.79 Å². The van der Waals surface area contributed by atoms with Gasteiger partial charge in [0.15, 0.2) is 0 Å². The molecule has 2 aliphatic rings. The first-order valence-corrected chi connectivity index (χ1v) is 14.6. The normalized spacial score (nSPS) is 19.6. The fourth-order valence-electron chi connectivity index (χ4n) is 6.06. The van der Waals surface area contributed by atoms with E-state index >= 15 is 0 Å². The highest BCUT2D eigenvalue weighted by atomic mass is 32.1. The zero-order valence-corrected chi connectivity index (χ0v) is 22.6. The average molecular weight is 506 g/mol. The van der Waals surface area contributed by atoms with E-state index in [-0.39, 0.29) is 0 Å². The van der Waals surface area contributed by atoms with Gasteiger partial charge in [0.2, 0.25) is 5.91 Å². The summed E-state index contributed by atoms with van der Waals surface area (Å²) < 4.78 is 0. The van der Waals surface area contributed by atoms with Crippen molar-refractivity contribution in [3.05, 3.63) is 42.0 Å². The Morgan fingerprint density at radius 1 is 1.03 bits per heavy atom. The third-order valence-corrected chi connectivity index (χ3v) is 8.93. The van der Waals surface area contributed by atoms with Gasteiger partial charge in [-0.05, 0) is 63.5 Å². The SMILES string of the molecule is CCN(CC)C(=O)CC1CCCN(CC2CCN(c3ncnc4scc(-c5ccccc5)c34)CC2)C1. The van der Waals surface area contributed by atoms with Gasteiger partial charge < -0.3 is 14.7 Å². The van der Waals surface area contributed by atoms with E-state index in [1.165, 1.54) is 48.7 Å². The van der Waals surface area contributed by atoms with Gasteiger partial charge in [-0.1, -0.05) is 30.3 Å². The second-order valence-corrected chi connectivity index (χ2v) is 11.2. The summed E-state index contributed by atoms with van der Waals surface area (Å²) in [5.74, 6) is 2.65. The van der Waals surface area contributed by atoms with Crippen LogP contribution in [-0.4, -0.2) is 71.5 Å². The van der Waals surface area contributed by atoms with Gasteiger partial charge in [0.1, 0.15) is 17.0 Å². The number of fused-ring (bicyclic) bond motifs is 1. The molecule has 0 radical (unpaired) electrons. The lowest BCUT2D eigenvalue weighted by molar-refractivity contribution is -0.132. The third kappa shape index (κ3) is 5.57. The summed E-state index contributed by atoms with van der Waals surface area (Å²) >= 11 is 1.71. The summed E-state index contributed by atoms with van der Waals surface area (Å²) in [6.45, 7) is 11.3. The lowest BCUT2D eigenvalue weighted by Gasteiger charge is -2.38. The molecule has 4 heterocycles. The first-order valence-electron chi connectivity index (χ1n) is 13.7. The zero-order valence-electron chi connectivity index (χ0n) is 21.7. The number of hydrogen-bond acceptors (Lipinski definition) is 6. The van der Waals surface area contributed by atoms with E-state index in [1.54, 1.807) is 17.7 Å². The molecule has 1 atom stereocenters. The second-order valence-electron chi connectivity index (χ2n) is 10.4. The minimum Gasteiger partial charge on any atom is -0.356 e. The molecule has 6 nitrogen and oxygen atoms in total. The van der Waals surface area contributed by atoms with Crippen LogP contribution >= 0.6 is 11.3 Å². The Balaban J connectivity index is 1.19. The van der Waals surface area contributed by atoms with Crippen molar-refractivity contribution in [2.24, 2.45) is 11.8 Å². The lowest BCUT2D eigenvalue weighted by Crippen LogP contribution is -2.43. The molecule has 36 heavy (non-hydrogen) atoms. The van der Waals surface area contributed by atoms with Gasteiger partial charge in [0.05, 0.1) is 5.39 Å². The molecule has 2 saturated heterocycles. The number of hydrogen-bond donors (Lipinski definition) is 0. The molecule has 0 spiro atoms. The van der Waals surface area contributed by atoms with Crippen LogP contribution in [0.1, 0.15) is 46.0 Å². The molecule has 1 aromatic carbocycles. The molecule has 2 aliphatic heterocycles. The maximum Gasteiger partial charge on any atom is 0.222 e. The van der Waals surface area contributed by atoms with E-state index in [4.69, 9.17) is 4.98 Å². The van der Waals surface area contributed by atoms with E-state index in [9.17, 15) is 4.79 Å². The number of rotatable bonds is 8. The van der Waals surface area contributed by atoms with Gasteiger partial charge in [0.25, 0.3) is 0 Å². The Hall–Kier alpha value is -2.51. The summed E-state index contributed by atoms with van der Waals surface area (Å²) in [6, 6.07) is 10.6. The maximum atomic E-state index is 12.6. The van der Waals surface area contributed by atoms with E-state index < -0.39 is 0 Å². The van der Waals surface area contributed by atoms with Gasteiger partial charge in [-0.25, -0.2) is 9.97 Å². The molecular weight excluding hydrogens is 466 g/mol. The topological polar surface area (TPSA) is 52.6 Å². The first-order chi connectivity index (χ1) is 17.7. The van der Waals surface area contributed by atoms with Crippen molar-refractivity contribution in [1.29, 1.82) is 0 Å². The van der Waals surface area contributed by atoms with Gasteiger partial charge in [-0.3, -0.25) is 4.79 Å². The van der Waals surface area contributed by atoms with Crippen molar-refractivity contribution < 1.29 is 4.79 Å². The van der Waals surface area contributed by atoms with E-state index in [1.807, 2.05) is 4.90 Å². The van der Waals surface area contributed by atoms with Crippen LogP contribution < -0.4 is 4.90 Å². The summed E-state index contributed by atoms with van der Waals surface area (Å²) in [7, 11) is 0. The molecule has 192 valence electrons. The Bertz CT molecular complexity index is 1140. The number of nitrogens with zero attached hydrogens (tertiary/aromatic N) is 5. The van der Waals surface area contributed by atoms with Crippen molar-refractivity contribution in [3.8, 4) is 11.1 Å². The summed E-state index contributed by atoms with van der Waals surface area (Å²) in [5.41, 5.74) is 2.47. The predicted octanol–water partition coefficient (Wildman–Crippen LogP) is 5.55. The number of carbonyl (C=O) groups is 1. The highest BCUT2D eigenvalue weighted by molar-refractivity contribution is 7.17. The molecule has 0 N–H and O–H groups in total. The van der Waals surface area contributed by atoms with Gasteiger partial charge in [0, 0.05) is 56.6 Å². The lowest BCUT2D eigenvalue weighted by atomic mass is 9.91. The largest absolute Gasteiger partial charge is 0.356 e. The molecule has 0 saturated carbocycles. The monoisotopic (exact) mass is 505 g/mol. The van der Waals surface area contributed by atoms with Crippen molar-refractivity contribution in [1.82, 2.24) is 19.8 Å². The van der Waals surface area contributed by atoms with Gasteiger partial charge in [-0.15, -0.1) is 11.3 Å². The van der Waals surface area contributed by atoms with Crippen molar-refractivity contribution in [2.45, 2.75) is 46.0 Å². The summed E-state index contributed by atoms with van der Waals surface area (Å²) in [6.07, 6.45) is 7.23. The Morgan fingerprint density at radius 3 is 2.56 bits per heavy atom. The molecule has 1 amide bonds. The number of amides is 1. The van der Waals surface area contributed by atoms with Crippen molar-refractivity contribution >= 4 is 33.3 Å². The molecule has 0 bridgehead atoms. The second kappa shape index (κ2) is 11.7. The minimum atomic E-state index is 0.333. The molecule has 7 heteroatoms. The highest BCUT2D eigenvalue weighted by Crippen LogP contribution is 2.38. The number of benzene rings is 1. The molecule has 2 fully saturated rings. The maximum absolute atomic E-state index is 12.6. The molecule has 0 aliphatic carbocycles. The number of aromatic nitrogens is 2. The van der Waals surface area contributed by atoms with Crippen LogP contribution in [0, 0.1) is 11.8 Å². The number of thiophene rings is 1. The fourth-order valence-corrected chi connectivity index (χ4v) is 6.97. The standard InChI is InChI=1S/C29H39N5OS/c1-3-33(4-2)26(35)17-23-9-8-14-32(19-23)18-22-12-15-34(16-13-22)28-27-25(24-10-6-5-7-11-24)20-36-29(27)31-21-30-28/h5-7,10-11,20-23H,3-4,8-9,12-19H2,1-2H3. The van der Waals surface area contributed by atoms with Crippen LogP contribution in [0.2, 0.25) is 0 Å². The zero-order chi connectivity index (χ0) is 24.9. The van der Waals surface area contributed by atoms with E-state index in [2.05, 4.69) is 64.3 Å². The van der Waals surface area contributed by atoms with Crippen LogP contribution in [0.15, 0.2) is 42.0 Å². The number of likely N-dealkylation sites (tertiary alicyclic amines) is 1. The first kappa shape index (κ1) is 25.2. The van der Waals surface area contributed by atoms with Crippen LogP contribution in [0.3, 0.4) is 0 Å². The fraction of sp³-hybridized carbons (Fsp3) is 0.552. The third-order valence-electron chi connectivity index (χ3n) is 8.05. The molecule has 2 aromatic heterocycles. The summed E-state index contributed by atoms with van der Waals surface area (Å²) in [5, 5.41) is 3.42. The average Bonchev–Trinajstić information content (AvgIpc) is 3.35. The number of carbonyl (C=O) groups excluding carboxylic acids is 1. The van der Waals surface area contributed by atoms with Crippen molar-refractivity contribution in [3.63, 3.8) is 0 Å². The predicted molar refractivity (Wildman–Crippen MR) is 149 cm³/mol. The van der Waals surface area contributed by atoms with E-state index in [0.717, 1.165) is 49.9 Å². The van der Waals surface area contributed by atoms with E-state index in [0.29, 0.717) is 24.2 Å². The van der Waals surface area contributed by atoms with Crippen molar-refractivity contribution in [2.75, 3.05) is 50.7 Å². The Labute approximate surface area is 219 Å². The van der Waals surface area contributed by atoms with Gasteiger partial charge >= 0.3 is 0 Å². The van der Waals surface area contributed by atoms with Crippen LogP contribution in [0.5, 0.6) is 0 Å². The van der Waals surface area contributed by atoms with Crippen LogP contribution in [0.25, 0.3) is 21.3 Å². The Morgan fingerprint density at radius 2 is 1.81 bits per heavy atom. The highest BCUT2D eigenvalue weighted by Gasteiger charge is 2.28. The minimum absolute atomic E-state index is 0.333. The Kier molecular flexibility index (Phi) is 8.17. The molecule has 1 unspecified atom stereocenters. The quantitative estimate of drug-likeness (QED) is 0.402. The summed E-state index contributed by atoms with van der Waals surface area (Å²) in [4.78, 5) is 30.1.